The molecule has 0 aromatic carbocycles. The maximum absolute atomic E-state index is 5.54. The lowest BCUT2D eigenvalue weighted by atomic mass is 10.1. The van der Waals surface area contributed by atoms with Crippen molar-refractivity contribution in [2.45, 2.75) is 47.0 Å². The van der Waals surface area contributed by atoms with E-state index in [1.54, 1.807) is 0 Å². The minimum absolute atomic E-state index is 0.727. The summed E-state index contributed by atoms with van der Waals surface area (Å²) >= 11 is 0. The van der Waals surface area contributed by atoms with E-state index in [1.165, 1.54) is 19.3 Å². The van der Waals surface area contributed by atoms with Crippen LogP contribution in [0, 0.1) is 11.8 Å². The Morgan fingerprint density at radius 2 is 1.80 bits per heavy atom. The van der Waals surface area contributed by atoms with E-state index in [2.05, 4.69) is 33.0 Å². The molecule has 15 heavy (non-hydrogen) atoms. The van der Waals surface area contributed by atoms with E-state index in [9.17, 15) is 0 Å². The molecule has 0 heterocycles. The smallest absolute Gasteiger partial charge is 0.0469 e. The van der Waals surface area contributed by atoms with Crippen LogP contribution in [0.2, 0.25) is 0 Å². The normalized spacial score (nSPS) is 13.4. The van der Waals surface area contributed by atoms with Gasteiger partial charge in [-0.2, -0.15) is 0 Å². The van der Waals surface area contributed by atoms with Crippen molar-refractivity contribution in [2.24, 2.45) is 11.8 Å². The topological polar surface area (TPSA) is 21.3 Å². The van der Waals surface area contributed by atoms with Crippen molar-refractivity contribution in [3.05, 3.63) is 0 Å². The lowest BCUT2D eigenvalue weighted by molar-refractivity contribution is 0.119. The predicted octanol–water partition coefficient (Wildman–Crippen LogP) is 3.07. The van der Waals surface area contributed by atoms with Crippen LogP contribution in [0.3, 0.4) is 0 Å². The van der Waals surface area contributed by atoms with Crippen LogP contribution in [-0.4, -0.2) is 26.3 Å². The van der Waals surface area contributed by atoms with Gasteiger partial charge in [0.15, 0.2) is 0 Å². The third kappa shape index (κ3) is 11.8. The van der Waals surface area contributed by atoms with Crippen LogP contribution in [-0.2, 0) is 4.74 Å². The number of nitrogens with one attached hydrogen (secondary N) is 1. The van der Waals surface area contributed by atoms with E-state index in [0.29, 0.717) is 0 Å². The highest BCUT2D eigenvalue weighted by Crippen LogP contribution is 2.01. The van der Waals surface area contributed by atoms with Gasteiger partial charge in [-0.3, -0.25) is 0 Å². The maximum atomic E-state index is 5.54. The van der Waals surface area contributed by atoms with Crippen molar-refractivity contribution in [3.8, 4) is 0 Å². The Bertz CT molecular complexity index is 126. The summed E-state index contributed by atoms with van der Waals surface area (Å²) in [6.07, 6.45) is 3.60. The number of unbranched alkanes of at least 4 members (excludes halogenated alkanes) is 1. The molecular weight excluding hydrogens is 186 g/mol. The van der Waals surface area contributed by atoms with Crippen molar-refractivity contribution in [3.63, 3.8) is 0 Å². The van der Waals surface area contributed by atoms with Crippen molar-refractivity contribution < 1.29 is 4.74 Å². The largest absolute Gasteiger partial charge is 0.381 e. The molecule has 0 aliphatic rings. The van der Waals surface area contributed by atoms with E-state index < -0.39 is 0 Å². The summed E-state index contributed by atoms with van der Waals surface area (Å²) < 4.78 is 5.54. The Hall–Kier alpha value is -0.0800. The van der Waals surface area contributed by atoms with Gasteiger partial charge in [-0.15, -0.1) is 0 Å². The molecule has 0 rings (SSSR count). The average Bonchev–Trinajstić information content (AvgIpc) is 2.17. The zero-order chi connectivity index (χ0) is 11.5. The van der Waals surface area contributed by atoms with Crippen LogP contribution >= 0.6 is 0 Å². The van der Waals surface area contributed by atoms with Gasteiger partial charge in [0.1, 0.15) is 0 Å². The fraction of sp³-hybridized carbons (Fsp3) is 1.00. The predicted molar refractivity (Wildman–Crippen MR) is 67.2 cm³/mol. The fourth-order valence-electron chi connectivity index (χ4n) is 1.35. The second-order valence-corrected chi connectivity index (χ2v) is 4.91. The van der Waals surface area contributed by atoms with Gasteiger partial charge in [0.2, 0.25) is 0 Å². The number of hydrogen-bond donors (Lipinski definition) is 1. The quantitative estimate of drug-likeness (QED) is 0.565. The zero-order valence-electron chi connectivity index (χ0n) is 11.0. The lowest BCUT2D eigenvalue weighted by Gasteiger charge is -2.13. The molecular formula is C13H29NO. The van der Waals surface area contributed by atoms with Crippen LogP contribution in [0.15, 0.2) is 0 Å². The SMILES string of the molecule is CCCCOCCC(C)CNCC(C)C. The van der Waals surface area contributed by atoms with Gasteiger partial charge in [0.05, 0.1) is 0 Å². The molecule has 0 amide bonds. The first-order valence-corrected chi connectivity index (χ1v) is 6.45. The van der Waals surface area contributed by atoms with Gasteiger partial charge < -0.3 is 10.1 Å². The molecule has 1 unspecified atom stereocenters. The minimum Gasteiger partial charge on any atom is -0.381 e. The standard InChI is InChI=1S/C13H29NO/c1-5-6-8-15-9-7-13(4)11-14-10-12(2)3/h12-14H,5-11H2,1-4H3. The Morgan fingerprint density at radius 3 is 2.40 bits per heavy atom. The van der Waals surface area contributed by atoms with Crippen molar-refractivity contribution >= 4 is 0 Å². The van der Waals surface area contributed by atoms with Gasteiger partial charge >= 0.3 is 0 Å². The van der Waals surface area contributed by atoms with Crippen LogP contribution in [0.4, 0.5) is 0 Å². The van der Waals surface area contributed by atoms with E-state index >= 15 is 0 Å². The molecule has 1 N–H and O–H groups in total. The highest BCUT2D eigenvalue weighted by molar-refractivity contribution is 4.58. The first-order valence-electron chi connectivity index (χ1n) is 6.45. The molecule has 0 bridgehead atoms. The van der Waals surface area contributed by atoms with Gasteiger partial charge in [0, 0.05) is 13.2 Å². The van der Waals surface area contributed by atoms with E-state index in [0.717, 1.165) is 38.1 Å². The third-order valence-electron chi connectivity index (χ3n) is 2.44. The van der Waals surface area contributed by atoms with Crippen molar-refractivity contribution in [1.82, 2.24) is 5.32 Å². The summed E-state index contributed by atoms with van der Waals surface area (Å²) in [7, 11) is 0. The molecule has 92 valence electrons. The second kappa shape index (κ2) is 10.4. The van der Waals surface area contributed by atoms with Gasteiger partial charge in [0.25, 0.3) is 0 Å². The Morgan fingerprint density at radius 1 is 1.07 bits per heavy atom. The summed E-state index contributed by atoms with van der Waals surface area (Å²) in [5.41, 5.74) is 0. The van der Waals surface area contributed by atoms with E-state index in [-0.39, 0.29) is 0 Å². The highest BCUT2D eigenvalue weighted by atomic mass is 16.5. The minimum atomic E-state index is 0.727. The summed E-state index contributed by atoms with van der Waals surface area (Å²) in [6.45, 7) is 13.1. The van der Waals surface area contributed by atoms with E-state index in [1.807, 2.05) is 0 Å². The summed E-state index contributed by atoms with van der Waals surface area (Å²) in [5.74, 6) is 1.48. The summed E-state index contributed by atoms with van der Waals surface area (Å²) in [6, 6.07) is 0. The molecule has 0 spiro atoms. The molecule has 0 fully saturated rings. The number of hydrogen-bond acceptors (Lipinski definition) is 2. The van der Waals surface area contributed by atoms with Crippen LogP contribution < -0.4 is 5.32 Å². The molecule has 2 nitrogen and oxygen atoms in total. The van der Waals surface area contributed by atoms with Crippen molar-refractivity contribution in [1.29, 1.82) is 0 Å². The molecule has 0 radical (unpaired) electrons. The summed E-state index contributed by atoms with van der Waals surface area (Å²) in [5, 5.41) is 3.48. The Labute approximate surface area is 95.8 Å². The zero-order valence-corrected chi connectivity index (χ0v) is 11.0. The number of rotatable bonds is 10. The first-order chi connectivity index (χ1) is 7.16. The second-order valence-electron chi connectivity index (χ2n) is 4.91. The fourth-order valence-corrected chi connectivity index (χ4v) is 1.35. The van der Waals surface area contributed by atoms with E-state index in [4.69, 9.17) is 4.74 Å². The molecule has 1 atom stereocenters. The molecule has 0 aliphatic carbocycles. The molecule has 0 aromatic rings. The van der Waals surface area contributed by atoms with Crippen LogP contribution in [0.5, 0.6) is 0 Å². The average molecular weight is 215 g/mol. The number of ether oxygens (including phenoxy) is 1. The molecule has 0 saturated heterocycles. The molecule has 0 aliphatic heterocycles. The maximum Gasteiger partial charge on any atom is 0.0469 e. The lowest BCUT2D eigenvalue weighted by Crippen LogP contribution is -2.25. The van der Waals surface area contributed by atoms with Crippen LogP contribution in [0.25, 0.3) is 0 Å². The monoisotopic (exact) mass is 215 g/mol. The van der Waals surface area contributed by atoms with Crippen molar-refractivity contribution in [2.75, 3.05) is 26.3 Å². The summed E-state index contributed by atoms with van der Waals surface area (Å²) in [4.78, 5) is 0. The highest BCUT2D eigenvalue weighted by Gasteiger charge is 2.02. The van der Waals surface area contributed by atoms with Crippen LogP contribution in [0.1, 0.15) is 47.0 Å². The van der Waals surface area contributed by atoms with Gasteiger partial charge in [-0.25, -0.2) is 0 Å². The third-order valence-corrected chi connectivity index (χ3v) is 2.44. The Balaban J connectivity index is 3.15. The Kier molecular flexibility index (Phi) is 10.4. The molecule has 0 saturated carbocycles. The van der Waals surface area contributed by atoms with Gasteiger partial charge in [-0.1, -0.05) is 34.1 Å². The molecule has 0 aromatic heterocycles. The van der Waals surface area contributed by atoms with Gasteiger partial charge in [-0.05, 0) is 37.8 Å². The molecule has 2 heteroatoms. The first kappa shape index (κ1) is 14.9.